The van der Waals surface area contributed by atoms with Gasteiger partial charge in [0.05, 0.1) is 12.8 Å². The van der Waals surface area contributed by atoms with E-state index >= 15 is 0 Å². The molecule has 2 aromatic rings. The Morgan fingerprint density at radius 1 is 1.21 bits per heavy atom. The van der Waals surface area contributed by atoms with Crippen LogP contribution in [0.25, 0.3) is 0 Å². The van der Waals surface area contributed by atoms with Crippen LogP contribution >= 0.6 is 11.3 Å². The Hall–Kier alpha value is -1.53. The highest BCUT2D eigenvalue weighted by molar-refractivity contribution is 7.94. The van der Waals surface area contributed by atoms with Gasteiger partial charge in [-0.25, -0.2) is 8.42 Å². The average molecular weight is 297 g/mol. The summed E-state index contributed by atoms with van der Waals surface area (Å²) in [4.78, 5) is 0. The summed E-state index contributed by atoms with van der Waals surface area (Å²) >= 11 is 1.19. The van der Waals surface area contributed by atoms with Gasteiger partial charge in [-0.3, -0.25) is 4.72 Å². The third kappa shape index (κ3) is 2.90. The van der Waals surface area contributed by atoms with E-state index in [0.717, 1.165) is 16.9 Å². The normalized spacial score (nSPS) is 11.3. The molecule has 0 aliphatic heterocycles. The van der Waals surface area contributed by atoms with Crippen molar-refractivity contribution in [1.82, 2.24) is 0 Å². The Kier molecular flexibility index (Phi) is 3.82. The fraction of sp³-hybridized carbons (Fsp3) is 0.231. The van der Waals surface area contributed by atoms with E-state index < -0.39 is 10.0 Å². The zero-order valence-corrected chi connectivity index (χ0v) is 12.6. The molecule has 102 valence electrons. The summed E-state index contributed by atoms with van der Waals surface area (Å²) in [6, 6.07) is 6.89. The lowest BCUT2D eigenvalue weighted by Crippen LogP contribution is -2.12. The summed E-state index contributed by atoms with van der Waals surface area (Å²) in [6.07, 6.45) is 0. The molecular weight excluding hydrogens is 282 g/mol. The van der Waals surface area contributed by atoms with Crippen molar-refractivity contribution in [1.29, 1.82) is 0 Å². The number of nitrogens with one attached hydrogen (secondary N) is 1. The number of aryl methyl sites for hydroxylation is 2. The van der Waals surface area contributed by atoms with Gasteiger partial charge in [0.1, 0.15) is 9.96 Å². The van der Waals surface area contributed by atoms with Crippen LogP contribution in [0.2, 0.25) is 0 Å². The maximum Gasteiger partial charge on any atom is 0.271 e. The van der Waals surface area contributed by atoms with E-state index in [2.05, 4.69) is 4.72 Å². The Bertz CT molecular complexity index is 676. The Morgan fingerprint density at radius 2 is 1.95 bits per heavy atom. The maximum atomic E-state index is 12.1. The van der Waals surface area contributed by atoms with Crippen LogP contribution < -0.4 is 9.46 Å². The molecule has 6 heteroatoms. The molecule has 0 atom stereocenters. The maximum absolute atomic E-state index is 12.1. The van der Waals surface area contributed by atoms with Gasteiger partial charge in [0.25, 0.3) is 10.0 Å². The molecule has 19 heavy (non-hydrogen) atoms. The lowest BCUT2D eigenvalue weighted by molar-refractivity contribution is 0.411. The van der Waals surface area contributed by atoms with Gasteiger partial charge >= 0.3 is 0 Å². The molecule has 0 radical (unpaired) electrons. The molecule has 0 unspecified atom stereocenters. The number of methoxy groups -OCH3 is 1. The molecule has 0 saturated carbocycles. The summed E-state index contributed by atoms with van der Waals surface area (Å²) in [6.45, 7) is 3.72. The third-order valence-electron chi connectivity index (χ3n) is 2.75. The predicted octanol–water partition coefficient (Wildman–Crippen LogP) is 3.17. The molecule has 2 rings (SSSR count). The number of rotatable bonds is 4. The monoisotopic (exact) mass is 297 g/mol. The van der Waals surface area contributed by atoms with Gasteiger partial charge in [-0.1, -0.05) is 6.07 Å². The van der Waals surface area contributed by atoms with Crippen LogP contribution in [0.15, 0.2) is 33.9 Å². The van der Waals surface area contributed by atoms with E-state index in [9.17, 15) is 8.42 Å². The third-order valence-corrected chi connectivity index (χ3v) is 5.51. The van der Waals surface area contributed by atoms with Crippen LogP contribution in [0.4, 0.5) is 5.69 Å². The SMILES string of the molecule is COc1cc(C)c(NS(=O)(=O)c2cccs2)cc1C. The molecular formula is C13H15NO3S2. The van der Waals surface area contributed by atoms with Crippen LogP contribution in [0.3, 0.4) is 0 Å². The fourth-order valence-corrected chi connectivity index (χ4v) is 3.85. The van der Waals surface area contributed by atoms with Gasteiger partial charge < -0.3 is 4.74 Å². The smallest absolute Gasteiger partial charge is 0.271 e. The summed E-state index contributed by atoms with van der Waals surface area (Å²) < 4.78 is 32.4. The highest BCUT2D eigenvalue weighted by atomic mass is 32.2. The molecule has 1 aromatic heterocycles. The fourth-order valence-electron chi connectivity index (χ4n) is 1.73. The molecule has 0 aliphatic carbocycles. The molecule has 0 aliphatic rings. The van der Waals surface area contributed by atoms with Gasteiger partial charge in [0, 0.05) is 0 Å². The summed E-state index contributed by atoms with van der Waals surface area (Å²) in [7, 11) is -1.91. The van der Waals surface area contributed by atoms with Crippen molar-refractivity contribution >= 4 is 27.0 Å². The van der Waals surface area contributed by atoms with Crippen molar-refractivity contribution in [3.63, 3.8) is 0 Å². The molecule has 0 spiro atoms. The number of sulfonamides is 1. The zero-order chi connectivity index (χ0) is 14.0. The van der Waals surface area contributed by atoms with Gasteiger partial charge in [0.2, 0.25) is 0 Å². The second-order valence-electron chi connectivity index (χ2n) is 4.17. The quantitative estimate of drug-likeness (QED) is 0.943. The number of hydrogen-bond donors (Lipinski definition) is 1. The first-order valence-corrected chi connectivity index (χ1v) is 8.02. The molecule has 0 amide bonds. The molecule has 1 heterocycles. The van der Waals surface area contributed by atoms with E-state index in [1.807, 2.05) is 19.9 Å². The molecule has 4 nitrogen and oxygen atoms in total. The van der Waals surface area contributed by atoms with Crippen LogP contribution in [-0.2, 0) is 10.0 Å². The van der Waals surface area contributed by atoms with Gasteiger partial charge in [-0.15, -0.1) is 11.3 Å². The lowest BCUT2D eigenvalue weighted by atomic mass is 10.1. The van der Waals surface area contributed by atoms with Crippen molar-refractivity contribution < 1.29 is 13.2 Å². The van der Waals surface area contributed by atoms with Gasteiger partial charge in [-0.05, 0) is 48.6 Å². The number of ether oxygens (including phenoxy) is 1. The highest BCUT2D eigenvalue weighted by Crippen LogP contribution is 2.28. The molecule has 0 fully saturated rings. The minimum atomic E-state index is -3.50. The van der Waals surface area contributed by atoms with Crippen molar-refractivity contribution in [3.05, 3.63) is 40.8 Å². The number of benzene rings is 1. The standard InChI is InChI=1S/C13H15NO3S2/c1-9-8-12(17-3)10(2)7-11(9)14-19(15,16)13-5-4-6-18-13/h4-8,14H,1-3H3. The molecule has 1 aromatic carbocycles. The summed E-state index contributed by atoms with van der Waals surface area (Å²) in [5, 5.41) is 1.74. The first-order valence-electron chi connectivity index (χ1n) is 5.65. The summed E-state index contributed by atoms with van der Waals surface area (Å²) in [5.74, 6) is 0.747. The van der Waals surface area contributed by atoms with E-state index in [4.69, 9.17) is 4.74 Å². The first kappa shape index (κ1) is 13.9. The van der Waals surface area contributed by atoms with Crippen molar-refractivity contribution in [2.45, 2.75) is 18.1 Å². The average Bonchev–Trinajstić information content (AvgIpc) is 2.87. The van der Waals surface area contributed by atoms with E-state index in [1.165, 1.54) is 11.3 Å². The Labute approximate surface area is 117 Å². The van der Waals surface area contributed by atoms with E-state index in [-0.39, 0.29) is 0 Å². The molecule has 0 saturated heterocycles. The summed E-state index contributed by atoms with van der Waals surface area (Å²) in [5.41, 5.74) is 2.28. The van der Waals surface area contributed by atoms with Crippen LogP contribution in [0.5, 0.6) is 5.75 Å². The molecule has 1 N–H and O–H groups in total. The Morgan fingerprint density at radius 3 is 2.53 bits per heavy atom. The van der Waals surface area contributed by atoms with Crippen LogP contribution in [0, 0.1) is 13.8 Å². The number of hydrogen-bond acceptors (Lipinski definition) is 4. The minimum Gasteiger partial charge on any atom is -0.496 e. The van der Waals surface area contributed by atoms with Crippen molar-refractivity contribution in [3.8, 4) is 5.75 Å². The van der Waals surface area contributed by atoms with Crippen molar-refractivity contribution in [2.24, 2.45) is 0 Å². The van der Waals surface area contributed by atoms with Crippen LogP contribution in [-0.4, -0.2) is 15.5 Å². The van der Waals surface area contributed by atoms with E-state index in [1.54, 1.807) is 30.7 Å². The predicted molar refractivity (Wildman–Crippen MR) is 77.6 cm³/mol. The van der Waals surface area contributed by atoms with Crippen molar-refractivity contribution in [2.75, 3.05) is 11.8 Å². The second-order valence-corrected chi connectivity index (χ2v) is 7.03. The largest absolute Gasteiger partial charge is 0.496 e. The zero-order valence-electron chi connectivity index (χ0n) is 10.9. The van der Waals surface area contributed by atoms with Gasteiger partial charge in [-0.2, -0.15) is 0 Å². The van der Waals surface area contributed by atoms with Crippen LogP contribution in [0.1, 0.15) is 11.1 Å². The minimum absolute atomic E-state index is 0.306. The topological polar surface area (TPSA) is 55.4 Å². The highest BCUT2D eigenvalue weighted by Gasteiger charge is 2.17. The molecule has 0 bridgehead atoms. The van der Waals surface area contributed by atoms with Gasteiger partial charge in [0.15, 0.2) is 0 Å². The first-order chi connectivity index (χ1) is 8.94. The number of thiophene rings is 1. The second kappa shape index (κ2) is 5.22. The lowest BCUT2D eigenvalue weighted by Gasteiger charge is -2.13. The number of anilines is 1. The van der Waals surface area contributed by atoms with E-state index in [0.29, 0.717) is 9.90 Å². The Balaban J connectivity index is 2.37.